The molecule has 0 aromatic rings. The van der Waals surface area contributed by atoms with Crippen LogP contribution in [0.2, 0.25) is 0 Å². The van der Waals surface area contributed by atoms with E-state index in [1.54, 1.807) is 7.11 Å². The summed E-state index contributed by atoms with van der Waals surface area (Å²) >= 11 is 0. The first-order valence-corrected chi connectivity index (χ1v) is 3.84. The zero-order valence-electron chi connectivity index (χ0n) is 7.05. The Kier molecular flexibility index (Phi) is 2.02. The number of nitrogens with two attached hydrogens (primary N) is 1. The van der Waals surface area contributed by atoms with E-state index in [4.69, 9.17) is 10.5 Å². The van der Waals surface area contributed by atoms with E-state index < -0.39 is 0 Å². The number of ether oxygens (including phenoxy) is 1. The molecule has 1 aliphatic rings. The van der Waals surface area contributed by atoms with E-state index in [-0.39, 0.29) is 5.41 Å². The van der Waals surface area contributed by atoms with Crippen LogP contribution in [-0.4, -0.2) is 19.3 Å². The summed E-state index contributed by atoms with van der Waals surface area (Å²) < 4.78 is 5.24. The van der Waals surface area contributed by atoms with Gasteiger partial charge in [-0.1, -0.05) is 13.8 Å². The highest BCUT2D eigenvalue weighted by Crippen LogP contribution is 2.37. The molecule has 0 spiro atoms. The van der Waals surface area contributed by atoms with Gasteiger partial charge in [-0.2, -0.15) is 0 Å². The molecular formula is C8H17NO. The van der Waals surface area contributed by atoms with E-state index in [0.717, 1.165) is 12.8 Å². The summed E-state index contributed by atoms with van der Waals surface area (Å²) in [6.45, 7) is 4.41. The molecular weight excluding hydrogens is 126 g/mol. The highest BCUT2D eigenvalue weighted by Gasteiger charge is 2.37. The molecule has 0 bridgehead atoms. The Bertz CT molecular complexity index is 122. The summed E-state index contributed by atoms with van der Waals surface area (Å²) in [4.78, 5) is 0. The van der Waals surface area contributed by atoms with E-state index in [0.29, 0.717) is 12.1 Å². The van der Waals surface area contributed by atoms with Crippen molar-refractivity contribution in [1.29, 1.82) is 0 Å². The van der Waals surface area contributed by atoms with Crippen molar-refractivity contribution in [3.63, 3.8) is 0 Å². The maximum absolute atomic E-state index is 5.90. The predicted octanol–water partition coefficient (Wildman–Crippen LogP) is 1.15. The van der Waals surface area contributed by atoms with Gasteiger partial charge in [0.15, 0.2) is 0 Å². The Labute approximate surface area is 62.7 Å². The maximum atomic E-state index is 5.90. The van der Waals surface area contributed by atoms with Crippen molar-refractivity contribution in [2.75, 3.05) is 7.11 Å². The van der Waals surface area contributed by atoms with Gasteiger partial charge in [0, 0.05) is 13.2 Å². The second-order valence-corrected chi connectivity index (χ2v) is 3.89. The lowest BCUT2D eigenvalue weighted by molar-refractivity contribution is 0.0994. The molecule has 10 heavy (non-hydrogen) atoms. The first kappa shape index (κ1) is 8.02. The van der Waals surface area contributed by atoms with Crippen molar-refractivity contribution in [3.05, 3.63) is 0 Å². The molecule has 2 N–H and O–H groups in total. The topological polar surface area (TPSA) is 35.2 Å². The van der Waals surface area contributed by atoms with Crippen LogP contribution in [0.25, 0.3) is 0 Å². The molecule has 0 saturated heterocycles. The second kappa shape index (κ2) is 2.51. The van der Waals surface area contributed by atoms with E-state index >= 15 is 0 Å². The van der Waals surface area contributed by atoms with Crippen molar-refractivity contribution in [1.82, 2.24) is 0 Å². The second-order valence-electron chi connectivity index (χ2n) is 3.89. The van der Waals surface area contributed by atoms with E-state index in [2.05, 4.69) is 13.8 Å². The van der Waals surface area contributed by atoms with Crippen LogP contribution in [0.15, 0.2) is 0 Å². The van der Waals surface area contributed by atoms with Gasteiger partial charge < -0.3 is 10.5 Å². The van der Waals surface area contributed by atoms with Crippen LogP contribution >= 0.6 is 0 Å². The zero-order chi connectivity index (χ0) is 7.78. The molecule has 60 valence electrons. The van der Waals surface area contributed by atoms with E-state index in [9.17, 15) is 0 Å². The first-order valence-electron chi connectivity index (χ1n) is 3.84. The Morgan fingerprint density at radius 3 is 2.30 bits per heavy atom. The van der Waals surface area contributed by atoms with Crippen LogP contribution in [-0.2, 0) is 4.74 Å². The molecule has 0 aromatic heterocycles. The van der Waals surface area contributed by atoms with Crippen LogP contribution in [0.3, 0.4) is 0 Å². The summed E-state index contributed by atoms with van der Waals surface area (Å²) in [6, 6.07) is 0.317. The van der Waals surface area contributed by atoms with Crippen LogP contribution in [0.4, 0.5) is 0 Å². The average molecular weight is 143 g/mol. The van der Waals surface area contributed by atoms with E-state index in [1.807, 2.05) is 0 Å². The first-order chi connectivity index (χ1) is 4.56. The van der Waals surface area contributed by atoms with Crippen molar-refractivity contribution >= 4 is 0 Å². The molecule has 2 nitrogen and oxygen atoms in total. The van der Waals surface area contributed by atoms with Gasteiger partial charge in [0.2, 0.25) is 0 Å². The molecule has 0 amide bonds. The number of rotatable bonds is 1. The third-order valence-corrected chi connectivity index (χ3v) is 2.61. The van der Waals surface area contributed by atoms with Crippen molar-refractivity contribution in [3.8, 4) is 0 Å². The SMILES string of the molecule is COC1C[C@@H](N)C(C)(C)C1. The van der Waals surface area contributed by atoms with Crippen molar-refractivity contribution < 1.29 is 4.74 Å². The minimum atomic E-state index is 0.278. The minimum absolute atomic E-state index is 0.278. The zero-order valence-corrected chi connectivity index (χ0v) is 7.05. The normalized spacial score (nSPS) is 38.4. The van der Waals surface area contributed by atoms with Gasteiger partial charge in [-0.25, -0.2) is 0 Å². The lowest BCUT2D eigenvalue weighted by Crippen LogP contribution is -2.31. The summed E-state index contributed by atoms with van der Waals surface area (Å²) in [5.41, 5.74) is 6.18. The Hall–Kier alpha value is -0.0800. The fourth-order valence-electron chi connectivity index (χ4n) is 1.60. The molecule has 0 heterocycles. The molecule has 1 unspecified atom stereocenters. The lowest BCUT2D eigenvalue weighted by atomic mass is 9.88. The largest absolute Gasteiger partial charge is 0.381 e. The number of methoxy groups -OCH3 is 1. The Balaban J connectivity index is 2.53. The third-order valence-electron chi connectivity index (χ3n) is 2.61. The average Bonchev–Trinajstić information content (AvgIpc) is 2.08. The van der Waals surface area contributed by atoms with Gasteiger partial charge in [0.1, 0.15) is 0 Å². The molecule has 1 fully saturated rings. The fourth-order valence-corrected chi connectivity index (χ4v) is 1.60. The smallest absolute Gasteiger partial charge is 0.0592 e. The molecule has 0 aromatic carbocycles. The summed E-state index contributed by atoms with van der Waals surface area (Å²) in [6.07, 6.45) is 2.51. The molecule has 0 aliphatic heterocycles. The maximum Gasteiger partial charge on any atom is 0.0592 e. The molecule has 2 atom stereocenters. The van der Waals surface area contributed by atoms with Gasteiger partial charge in [0.05, 0.1) is 6.10 Å². The monoisotopic (exact) mass is 143 g/mol. The predicted molar refractivity (Wildman–Crippen MR) is 41.8 cm³/mol. The number of hydrogen-bond donors (Lipinski definition) is 1. The molecule has 1 saturated carbocycles. The van der Waals surface area contributed by atoms with Gasteiger partial charge in [-0.15, -0.1) is 0 Å². The highest BCUT2D eigenvalue weighted by molar-refractivity contribution is 4.93. The molecule has 0 radical (unpaired) electrons. The summed E-state index contributed by atoms with van der Waals surface area (Å²) in [5, 5.41) is 0. The highest BCUT2D eigenvalue weighted by atomic mass is 16.5. The molecule has 1 rings (SSSR count). The van der Waals surface area contributed by atoms with Crippen molar-refractivity contribution in [2.45, 2.75) is 38.8 Å². The van der Waals surface area contributed by atoms with Crippen molar-refractivity contribution in [2.24, 2.45) is 11.1 Å². The standard InChI is InChI=1S/C8H17NO/c1-8(2)5-6(10-3)4-7(8)9/h6-7H,4-5,9H2,1-3H3/t6?,7-/m1/s1. The minimum Gasteiger partial charge on any atom is -0.381 e. The summed E-state index contributed by atoms with van der Waals surface area (Å²) in [5.74, 6) is 0. The summed E-state index contributed by atoms with van der Waals surface area (Å²) in [7, 11) is 1.76. The van der Waals surface area contributed by atoms with Crippen LogP contribution in [0.5, 0.6) is 0 Å². The van der Waals surface area contributed by atoms with E-state index in [1.165, 1.54) is 0 Å². The van der Waals surface area contributed by atoms with Gasteiger partial charge >= 0.3 is 0 Å². The third kappa shape index (κ3) is 1.32. The lowest BCUT2D eigenvalue weighted by Gasteiger charge is -2.22. The quantitative estimate of drug-likeness (QED) is 0.597. The Morgan fingerprint density at radius 2 is 2.10 bits per heavy atom. The van der Waals surface area contributed by atoms with Gasteiger partial charge in [0.25, 0.3) is 0 Å². The molecule has 1 aliphatic carbocycles. The van der Waals surface area contributed by atoms with Crippen LogP contribution in [0, 0.1) is 5.41 Å². The van der Waals surface area contributed by atoms with Gasteiger partial charge in [-0.3, -0.25) is 0 Å². The molecule has 2 heteroatoms. The van der Waals surface area contributed by atoms with Gasteiger partial charge in [-0.05, 0) is 18.3 Å². The van der Waals surface area contributed by atoms with Crippen LogP contribution in [0.1, 0.15) is 26.7 Å². The number of hydrogen-bond acceptors (Lipinski definition) is 2. The fraction of sp³-hybridized carbons (Fsp3) is 1.00. The van der Waals surface area contributed by atoms with Crippen LogP contribution < -0.4 is 5.73 Å². The Morgan fingerprint density at radius 1 is 1.50 bits per heavy atom.